The third-order valence-corrected chi connectivity index (χ3v) is 4.81. The topological polar surface area (TPSA) is 105 Å². The number of fused-ring (bicyclic) bond motifs is 1. The van der Waals surface area contributed by atoms with Gasteiger partial charge in [-0.25, -0.2) is 15.0 Å². The molecule has 148 valence electrons. The van der Waals surface area contributed by atoms with E-state index in [0.717, 1.165) is 39.6 Å². The Balaban J connectivity index is 1.67. The first kappa shape index (κ1) is 18.7. The van der Waals surface area contributed by atoms with Gasteiger partial charge in [-0.15, -0.1) is 0 Å². The van der Waals surface area contributed by atoms with Crippen molar-refractivity contribution >= 4 is 22.8 Å². The zero-order chi connectivity index (χ0) is 20.5. The summed E-state index contributed by atoms with van der Waals surface area (Å²) in [6.45, 7) is 6.70. The number of pyridine rings is 2. The lowest BCUT2D eigenvalue weighted by Gasteiger charge is -2.18. The molecular weight excluding hydrogens is 364 g/mol. The summed E-state index contributed by atoms with van der Waals surface area (Å²) < 4.78 is 8.23. The second-order valence-electron chi connectivity index (χ2n) is 7.21. The number of rotatable bonds is 5. The molecule has 0 amide bonds. The van der Waals surface area contributed by atoms with Crippen molar-refractivity contribution in [3.05, 3.63) is 59.9 Å². The fourth-order valence-corrected chi connectivity index (χ4v) is 3.42. The van der Waals surface area contributed by atoms with Gasteiger partial charge in [0.1, 0.15) is 34.8 Å². The SMILES string of the molecule is Cc1ccccc1O[C@@H](C)Cn1c(C)nc2ccc(-c3cc(N)nc(N)c3)nc21. The van der Waals surface area contributed by atoms with Crippen LogP contribution in [0.2, 0.25) is 0 Å². The number of ether oxygens (including phenoxy) is 1. The van der Waals surface area contributed by atoms with E-state index in [1.165, 1.54) is 0 Å². The van der Waals surface area contributed by atoms with Gasteiger partial charge in [0, 0.05) is 5.56 Å². The van der Waals surface area contributed by atoms with E-state index >= 15 is 0 Å². The Bertz CT molecular complexity index is 1160. The Morgan fingerprint density at radius 3 is 2.41 bits per heavy atom. The number of hydrogen-bond donors (Lipinski definition) is 2. The third-order valence-electron chi connectivity index (χ3n) is 4.81. The van der Waals surface area contributed by atoms with Crippen molar-refractivity contribution in [2.75, 3.05) is 11.5 Å². The van der Waals surface area contributed by atoms with Crippen molar-refractivity contribution < 1.29 is 4.74 Å². The van der Waals surface area contributed by atoms with Crippen LogP contribution in [0, 0.1) is 13.8 Å². The summed E-state index contributed by atoms with van der Waals surface area (Å²) >= 11 is 0. The number of anilines is 2. The normalized spacial score (nSPS) is 12.2. The van der Waals surface area contributed by atoms with Gasteiger partial charge in [0.25, 0.3) is 0 Å². The average Bonchev–Trinajstić information content (AvgIpc) is 2.97. The molecule has 7 nitrogen and oxygen atoms in total. The number of nitrogens with two attached hydrogens (primary N) is 2. The highest BCUT2D eigenvalue weighted by atomic mass is 16.5. The summed E-state index contributed by atoms with van der Waals surface area (Å²) in [5.41, 5.74) is 16.0. The first-order chi connectivity index (χ1) is 13.9. The van der Waals surface area contributed by atoms with Gasteiger partial charge in [0.15, 0.2) is 5.65 Å². The summed E-state index contributed by atoms with van der Waals surface area (Å²) in [5.74, 6) is 2.51. The number of aromatic nitrogens is 4. The molecule has 3 aromatic heterocycles. The zero-order valence-corrected chi connectivity index (χ0v) is 16.8. The second kappa shape index (κ2) is 7.43. The van der Waals surface area contributed by atoms with Crippen LogP contribution in [0.3, 0.4) is 0 Å². The van der Waals surface area contributed by atoms with Gasteiger partial charge in [-0.1, -0.05) is 18.2 Å². The van der Waals surface area contributed by atoms with E-state index in [4.69, 9.17) is 21.2 Å². The molecule has 0 aliphatic carbocycles. The van der Waals surface area contributed by atoms with Crippen LogP contribution in [0.15, 0.2) is 48.5 Å². The molecule has 0 aliphatic heterocycles. The predicted octanol–water partition coefficient (Wildman–Crippen LogP) is 3.74. The fourth-order valence-electron chi connectivity index (χ4n) is 3.42. The van der Waals surface area contributed by atoms with Crippen molar-refractivity contribution in [3.63, 3.8) is 0 Å². The predicted molar refractivity (Wildman–Crippen MR) is 116 cm³/mol. The average molecular weight is 388 g/mol. The third kappa shape index (κ3) is 3.85. The second-order valence-corrected chi connectivity index (χ2v) is 7.21. The minimum atomic E-state index is -0.0510. The van der Waals surface area contributed by atoms with Crippen molar-refractivity contribution in [3.8, 4) is 17.0 Å². The minimum Gasteiger partial charge on any atom is -0.489 e. The van der Waals surface area contributed by atoms with Crippen LogP contribution < -0.4 is 16.2 Å². The molecule has 7 heteroatoms. The molecule has 4 aromatic rings. The maximum absolute atomic E-state index is 6.15. The van der Waals surface area contributed by atoms with Crippen molar-refractivity contribution in [1.29, 1.82) is 0 Å². The molecule has 0 radical (unpaired) electrons. The Morgan fingerprint density at radius 2 is 1.69 bits per heavy atom. The van der Waals surface area contributed by atoms with Crippen molar-refractivity contribution in [2.24, 2.45) is 0 Å². The zero-order valence-electron chi connectivity index (χ0n) is 16.8. The molecule has 0 saturated heterocycles. The van der Waals surface area contributed by atoms with E-state index in [0.29, 0.717) is 18.2 Å². The Labute approximate surface area is 169 Å². The maximum atomic E-state index is 6.15. The number of nitrogens with zero attached hydrogens (tertiary/aromatic N) is 4. The molecule has 0 saturated carbocycles. The van der Waals surface area contributed by atoms with E-state index in [9.17, 15) is 0 Å². The number of para-hydroxylation sites is 1. The lowest BCUT2D eigenvalue weighted by atomic mass is 10.1. The van der Waals surface area contributed by atoms with E-state index < -0.39 is 0 Å². The quantitative estimate of drug-likeness (QED) is 0.539. The number of aryl methyl sites for hydroxylation is 2. The van der Waals surface area contributed by atoms with Crippen LogP contribution in [-0.4, -0.2) is 25.6 Å². The number of nitrogen functional groups attached to an aromatic ring is 2. The molecule has 1 atom stereocenters. The Hall–Kier alpha value is -3.61. The van der Waals surface area contributed by atoms with Crippen LogP contribution >= 0.6 is 0 Å². The van der Waals surface area contributed by atoms with Gasteiger partial charge in [-0.05, 0) is 56.7 Å². The summed E-state index contributed by atoms with van der Waals surface area (Å²) in [5, 5.41) is 0. The monoisotopic (exact) mass is 388 g/mol. The van der Waals surface area contributed by atoms with Crippen LogP contribution in [0.4, 0.5) is 11.6 Å². The molecule has 1 aromatic carbocycles. The number of imidazole rings is 1. The highest BCUT2D eigenvalue weighted by molar-refractivity contribution is 5.77. The van der Waals surface area contributed by atoms with Gasteiger partial charge in [0.05, 0.1) is 12.2 Å². The molecular formula is C22H24N6O. The van der Waals surface area contributed by atoms with E-state index in [2.05, 4.69) is 14.5 Å². The first-order valence-corrected chi connectivity index (χ1v) is 9.50. The van der Waals surface area contributed by atoms with E-state index in [-0.39, 0.29) is 6.10 Å². The minimum absolute atomic E-state index is 0.0510. The molecule has 0 bridgehead atoms. The summed E-state index contributed by atoms with van der Waals surface area (Å²) in [6.07, 6.45) is -0.0510. The van der Waals surface area contributed by atoms with E-state index in [1.807, 2.05) is 57.2 Å². The number of benzene rings is 1. The van der Waals surface area contributed by atoms with Crippen LogP contribution in [0.25, 0.3) is 22.4 Å². The van der Waals surface area contributed by atoms with Gasteiger partial charge in [-0.3, -0.25) is 0 Å². The molecule has 0 spiro atoms. The largest absolute Gasteiger partial charge is 0.489 e. The van der Waals surface area contributed by atoms with Gasteiger partial charge in [0.2, 0.25) is 0 Å². The highest BCUT2D eigenvalue weighted by Crippen LogP contribution is 2.25. The standard InChI is InChI=1S/C22H24N6O/c1-13-6-4-5-7-19(13)29-14(2)12-28-15(3)25-18-9-8-17(26-22(18)28)16-10-20(23)27-21(24)11-16/h4-11,14H,12H2,1-3H3,(H4,23,24,27)/t14-/m0/s1. The van der Waals surface area contributed by atoms with Crippen molar-refractivity contribution in [1.82, 2.24) is 19.5 Å². The Morgan fingerprint density at radius 1 is 0.966 bits per heavy atom. The summed E-state index contributed by atoms with van der Waals surface area (Å²) in [4.78, 5) is 13.5. The molecule has 3 heterocycles. The smallest absolute Gasteiger partial charge is 0.160 e. The van der Waals surface area contributed by atoms with Gasteiger partial charge < -0.3 is 20.8 Å². The lowest BCUT2D eigenvalue weighted by molar-refractivity contribution is 0.198. The molecule has 4 N–H and O–H groups in total. The lowest BCUT2D eigenvalue weighted by Crippen LogP contribution is -2.21. The van der Waals surface area contributed by atoms with Gasteiger partial charge >= 0.3 is 0 Å². The fraction of sp³-hybridized carbons (Fsp3) is 0.227. The first-order valence-electron chi connectivity index (χ1n) is 9.50. The molecule has 0 unspecified atom stereocenters. The molecule has 0 fully saturated rings. The van der Waals surface area contributed by atoms with Crippen LogP contribution in [0.5, 0.6) is 5.75 Å². The van der Waals surface area contributed by atoms with Crippen LogP contribution in [-0.2, 0) is 6.54 Å². The summed E-state index contributed by atoms with van der Waals surface area (Å²) in [6, 6.07) is 15.4. The van der Waals surface area contributed by atoms with E-state index in [1.54, 1.807) is 12.1 Å². The maximum Gasteiger partial charge on any atom is 0.160 e. The molecule has 4 rings (SSSR count). The molecule has 29 heavy (non-hydrogen) atoms. The Kier molecular flexibility index (Phi) is 4.80. The summed E-state index contributed by atoms with van der Waals surface area (Å²) in [7, 11) is 0. The van der Waals surface area contributed by atoms with Crippen molar-refractivity contribution in [2.45, 2.75) is 33.4 Å². The van der Waals surface area contributed by atoms with Crippen LogP contribution in [0.1, 0.15) is 18.3 Å². The number of hydrogen-bond acceptors (Lipinski definition) is 6. The molecule has 0 aliphatic rings. The van der Waals surface area contributed by atoms with Gasteiger partial charge in [-0.2, -0.15) is 0 Å². The highest BCUT2D eigenvalue weighted by Gasteiger charge is 2.15.